The quantitative estimate of drug-likeness (QED) is 0.281. The van der Waals surface area contributed by atoms with Crippen molar-refractivity contribution in [3.05, 3.63) is 0 Å². The van der Waals surface area contributed by atoms with E-state index in [2.05, 4.69) is 74.6 Å². The van der Waals surface area contributed by atoms with E-state index in [1.165, 1.54) is 6.42 Å². The first-order valence-corrected chi connectivity index (χ1v) is 12.8. The summed E-state index contributed by atoms with van der Waals surface area (Å²) in [5, 5.41) is 23.5. The molecule has 194 valence electrons. The lowest BCUT2D eigenvalue weighted by molar-refractivity contribution is -0.00722. The first-order chi connectivity index (χ1) is 14.6. The summed E-state index contributed by atoms with van der Waals surface area (Å²) in [6.07, 6.45) is 2.30. The van der Waals surface area contributed by atoms with E-state index in [0.29, 0.717) is 63.2 Å². The fraction of sp³-hybridized carbons (Fsp3) is 1.00. The van der Waals surface area contributed by atoms with Crippen LogP contribution in [0.25, 0.3) is 0 Å². The van der Waals surface area contributed by atoms with Gasteiger partial charge in [-0.15, -0.1) is 0 Å². The van der Waals surface area contributed by atoms with Crippen molar-refractivity contribution in [1.29, 1.82) is 0 Å². The minimum Gasteiger partial charge on any atom is -0.389 e. The molecule has 0 aliphatic rings. The van der Waals surface area contributed by atoms with E-state index in [1.54, 1.807) is 0 Å². The standard InChI is InChI=1S/C27H57NO4/c1-20(2)11-12-23(27(8,9)10)17-32-19-25(30)15-28-14-24(29)18-31-16-22(21(3)4)13-26(5,6)7/h20-25,28-30H,11-19H2,1-10H3. The van der Waals surface area contributed by atoms with Gasteiger partial charge in [-0.3, -0.25) is 0 Å². The fourth-order valence-electron chi connectivity index (χ4n) is 3.81. The van der Waals surface area contributed by atoms with Crippen LogP contribution in [0.2, 0.25) is 0 Å². The van der Waals surface area contributed by atoms with E-state index in [9.17, 15) is 10.2 Å². The maximum Gasteiger partial charge on any atom is 0.0897 e. The Balaban J connectivity index is 4.08. The molecule has 0 aliphatic carbocycles. The zero-order valence-electron chi connectivity index (χ0n) is 23.0. The maximum absolute atomic E-state index is 10.2. The number of ether oxygens (including phenoxy) is 2. The molecule has 0 saturated carbocycles. The largest absolute Gasteiger partial charge is 0.389 e. The van der Waals surface area contributed by atoms with Crippen molar-refractivity contribution in [3.63, 3.8) is 0 Å². The highest BCUT2D eigenvalue weighted by molar-refractivity contribution is 4.75. The first-order valence-electron chi connectivity index (χ1n) is 12.8. The highest BCUT2D eigenvalue weighted by Crippen LogP contribution is 2.31. The molecule has 32 heavy (non-hydrogen) atoms. The van der Waals surface area contributed by atoms with Crippen LogP contribution < -0.4 is 5.32 Å². The van der Waals surface area contributed by atoms with Crippen molar-refractivity contribution in [2.75, 3.05) is 39.5 Å². The van der Waals surface area contributed by atoms with Crippen LogP contribution in [0.5, 0.6) is 0 Å². The molecule has 0 radical (unpaired) electrons. The van der Waals surface area contributed by atoms with Gasteiger partial charge in [0.2, 0.25) is 0 Å². The second kappa shape index (κ2) is 15.7. The molecule has 0 spiro atoms. The van der Waals surface area contributed by atoms with Crippen molar-refractivity contribution < 1.29 is 19.7 Å². The number of rotatable bonds is 17. The maximum atomic E-state index is 10.2. The van der Waals surface area contributed by atoms with Crippen LogP contribution in [0.15, 0.2) is 0 Å². The molecule has 0 aromatic carbocycles. The molecule has 0 fully saturated rings. The number of hydrogen-bond donors (Lipinski definition) is 3. The minimum absolute atomic E-state index is 0.198. The van der Waals surface area contributed by atoms with Crippen LogP contribution in [0, 0.1) is 34.5 Å². The van der Waals surface area contributed by atoms with E-state index >= 15 is 0 Å². The van der Waals surface area contributed by atoms with Gasteiger partial charge in [-0.1, -0.05) is 75.7 Å². The van der Waals surface area contributed by atoms with Gasteiger partial charge in [0.1, 0.15) is 0 Å². The molecule has 4 unspecified atom stereocenters. The normalized spacial score (nSPS) is 17.1. The average Bonchev–Trinajstić information content (AvgIpc) is 2.61. The molecule has 3 N–H and O–H groups in total. The Labute approximate surface area is 200 Å². The topological polar surface area (TPSA) is 71.0 Å². The minimum atomic E-state index is -0.578. The molecule has 5 heteroatoms. The summed E-state index contributed by atoms with van der Waals surface area (Å²) in [5.41, 5.74) is 0.474. The monoisotopic (exact) mass is 459 g/mol. The van der Waals surface area contributed by atoms with Crippen LogP contribution in [-0.4, -0.2) is 61.9 Å². The third-order valence-electron chi connectivity index (χ3n) is 6.17. The molecule has 0 aromatic heterocycles. The van der Waals surface area contributed by atoms with Gasteiger partial charge in [0.05, 0.1) is 32.0 Å². The predicted molar refractivity (Wildman–Crippen MR) is 136 cm³/mol. The molecule has 0 amide bonds. The Morgan fingerprint density at radius 1 is 0.719 bits per heavy atom. The van der Waals surface area contributed by atoms with Gasteiger partial charge >= 0.3 is 0 Å². The molecule has 0 aliphatic heterocycles. The van der Waals surface area contributed by atoms with Gasteiger partial charge in [0.15, 0.2) is 0 Å². The van der Waals surface area contributed by atoms with Gasteiger partial charge in [-0.2, -0.15) is 0 Å². The van der Waals surface area contributed by atoms with Crippen LogP contribution in [0.1, 0.15) is 88.5 Å². The van der Waals surface area contributed by atoms with Crippen molar-refractivity contribution in [3.8, 4) is 0 Å². The predicted octanol–water partition coefficient (Wildman–Crippen LogP) is 5.14. The van der Waals surface area contributed by atoms with Gasteiger partial charge < -0.3 is 25.0 Å². The molecular formula is C27H57NO4. The van der Waals surface area contributed by atoms with Crippen LogP contribution in [0.4, 0.5) is 0 Å². The lowest BCUT2D eigenvalue weighted by atomic mass is 9.77. The van der Waals surface area contributed by atoms with Crippen LogP contribution in [0.3, 0.4) is 0 Å². The van der Waals surface area contributed by atoms with Gasteiger partial charge in [-0.05, 0) is 47.3 Å². The Kier molecular flexibility index (Phi) is 15.6. The molecular weight excluding hydrogens is 402 g/mol. The van der Waals surface area contributed by atoms with Crippen LogP contribution >= 0.6 is 0 Å². The summed E-state index contributed by atoms with van der Waals surface area (Å²) in [7, 11) is 0. The van der Waals surface area contributed by atoms with Gasteiger partial charge in [0.25, 0.3) is 0 Å². The van der Waals surface area contributed by atoms with Crippen LogP contribution in [-0.2, 0) is 9.47 Å². The summed E-state index contributed by atoms with van der Waals surface area (Å²) in [6, 6.07) is 0. The first kappa shape index (κ1) is 31.8. The number of aliphatic hydroxyl groups excluding tert-OH is 2. The second-order valence-corrected chi connectivity index (χ2v) is 12.8. The molecule has 5 nitrogen and oxygen atoms in total. The molecule has 0 heterocycles. The van der Waals surface area contributed by atoms with Crippen molar-refractivity contribution in [2.45, 2.75) is 101 Å². The Bertz CT molecular complexity index is 454. The highest BCUT2D eigenvalue weighted by atomic mass is 16.5. The smallest absolute Gasteiger partial charge is 0.0897 e. The number of hydrogen-bond acceptors (Lipinski definition) is 5. The summed E-state index contributed by atoms with van der Waals surface area (Å²) in [6.45, 7) is 25.3. The van der Waals surface area contributed by atoms with Crippen molar-refractivity contribution in [2.24, 2.45) is 34.5 Å². The van der Waals surface area contributed by atoms with Gasteiger partial charge in [-0.25, -0.2) is 0 Å². The van der Waals surface area contributed by atoms with Crippen molar-refractivity contribution >= 4 is 0 Å². The molecule has 0 bridgehead atoms. The SMILES string of the molecule is CC(C)CCC(COCC(O)CNCC(O)COCC(CC(C)(C)C)C(C)C)C(C)(C)C. The average molecular weight is 460 g/mol. The Hall–Kier alpha value is -0.200. The summed E-state index contributed by atoms with van der Waals surface area (Å²) in [4.78, 5) is 0. The zero-order chi connectivity index (χ0) is 24.9. The van der Waals surface area contributed by atoms with E-state index in [1.807, 2.05) is 0 Å². The number of nitrogens with one attached hydrogen (secondary N) is 1. The molecule has 0 saturated heterocycles. The van der Waals surface area contributed by atoms with Gasteiger partial charge in [0, 0.05) is 19.7 Å². The number of aliphatic hydroxyl groups is 2. The van der Waals surface area contributed by atoms with E-state index < -0.39 is 12.2 Å². The third kappa shape index (κ3) is 17.3. The molecule has 0 rings (SSSR count). The van der Waals surface area contributed by atoms with E-state index in [0.717, 1.165) is 12.8 Å². The molecule has 4 atom stereocenters. The Morgan fingerprint density at radius 3 is 1.62 bits per heavy atom. The summed E-state index contributed by atoms with van der Waals surface area (Å²) < 4.78 is 11.7. The fourth-order valence-corrected chi connectivity index (χ4v) is 3.81. The lowest BCUT2D eigenvalue weighted by Gasteiger charge is -2.31. The second-order valence-electron chi connectivity index (χ2n) is 12.8. The lowest BCUT2D eigenvalue weighted by Crippen LogP contribution is -2.37. The van der Waals surface area contributed by atoms with E-state index in [-0.39, 0.29) is 10.8 Å². The van der Waals surface area contributed by atoms with Crippen molar-refractivity contribution in [1.82, 2.24) is 5.32 Å². The summed E-state index contributed by atoms with van der Waals surface area (Å²) >= 11 is 0. The zero-order valence-corrected chi connectivity index (χ0v) is 23.0. The highest BCUT2D eigenvalue weighted by Gasteiger charge is 2.25. The third-order valence-corrected chi connectivity index (χ3v) is 6.17. The Morgan fingerprint density at radius 2 is 1.22 bits per heavy atom. The van der Waals surface area contributed by atoms with E-state index in [4.69, 9.17) is 9.47 Å². The summed E-state index contributed by atoms with van der Waals surface area (Å²) in [5.74, 6) is 2.23. The molecule has 0 aromatic rings.